The first-order valence-electron chi connectivity index (χ1n) is 6.05. The highest BCUT2D eigenvalue weighted by atomic mass is 16.5. The van der Waals surface area contributed by atoms with Gasteiger partial charge >= 0.3 is 5.97 Å². The lowest BCUT2D eigenvalue weighted by Crippen LogP contribution is -1.98. The molecule has 2 N–H and O–H groups in total. The van der Waals surface area contributed by atoms with Crippen molar-refractivity contribution in [1.82, 2.24) is 15.2 Å². The van der Waals surface area contributed by atoms with Gasteiger partial charge in [0.25, 0.3) is 0 Å². The van der Waals surface area contributed by atoms with Gasteiger partial charge in [0.1, 0.15) is 11.6 Å². The first-order chi connectivity index (χ1) is 9.19. The van der Waals surface area contributed by atoms with Crippen molar-refractivity contribution in [2.75, 3.05) is 6.61 Å². The van der Waals surface area contributed by atoms with Gasteiger partial charge in [-0.15, -0.1) is 0 Å². The van der Waals surface area contributed by atoms with Gasteiger partial charge in [0, 0.05) is 12.0 Å². The summed E-state index contributed by atoms with van der Waals surface area (Å²) < 4.78 is 5.35. The summed E-state index contributed by atoms with van der Waals surface area (Å²) in [5.74, 6) is 1.08. The number of carbonyl (C=O) groups is 1. The Morgan fingerprint density at radius 3 is 2.74 bits per heavy atom. The Bertz CT molecular complexity index is 549. The van der Waals surface area contributed by atoms with E-state index in [4.69, 9.17) is 9.84 Å². The van der Waals surface area contributed by atoms with Crippen LogP contribution in [0.3, 0.4) is 0 Å². The second-order valence-electron chi connectivity index (χ2n) is 3.96. The molecule has 0 radical (unpaired) electrons. The van der Waals surface area contributed by atoms with Gasteiger partial charge in [-0.2, -0.15) is 5.10 Å². The number of aromatic nitrogens is 3. The number of aryl methyl sites for hydroxylation is 1. The third-order valence-electron chi connectivity index (χ3n) is 2.53. The van der Waals surface area contributed by atoms with E-state index < -0.39 is 5.97 Å². The number of hydrogen-bond donors (Lipinski definition) is 2. The van der Waals surface area contributed by atoms with Crippen molar-refractivity contribution in [1.29, 1.82) is 0 Å². The van der Waals surface area contributed by atoms with E-state index in [0.29, 0.717) is 24.7 Å². The van der Waals surface area contributed by atoms with Crippen LogP contribution in [0.2, 0.25) is 0 Å². The maximum atomic E-state index is 10.5. The molecule has 0 aliphatic rings. The summed E-state index contributed by atoms with van der Waals surface area (Å²) in [6.45, 7) is 2.55. The van der Waals surface area contributed by atoms with Crippen LogP contribution in [-0.2, 0) is 11.2 Å². The average Bonchev–Trinajstić information content (AvgIpc) is 2.86. The van der Waals surface area contributed by atoms with Crippen molar-refractivity contribution in [2.24, 2.45) is 0 Å². The lowest BCUT2D eigenvalue weighted by atomic mass is 10.2. The summed E-state index contributed by atoms with van der Waals surface area (Å²) in [7, 11) is 0. The predicted molar refractivity (Wildman–Crippen MR) is 68.9 cm³/mol. The predicted octanol–water partition coefficient (Wildman–Crippen LogP) is 1.89. The summed E-state index contributed by atoms with van der Waals surface area (Å²) in [5, 5.41) is 15.4. The molecule has 100 valence electrons. The van der Waals surface area contributed by atoms with Crippen LogP contribution >= 0.6 is 0 Å². The van der Waals surface area contributed by atoms with Crippen molar-refractivity contribution in [3.05, 3.63) is 30.1 Å². The molecule has 0 fully saturated rings. The molecule has 0 saturated heterocycles. The second-order valence-corrected chi connectivity index (χ2v) is 3.96. The lowest BCUT2D eigenvalue weighted by molar-refractivity contribution is -0.137. The minimum atomic E-state index is -0.848. The molecule has 2 rings (SSSR count). The van der Waals surface area contributed by atoms with Gasteiger partial charge in [0.15, 0.2) is 5.82 Å². The molecule has 0 aliphatic carbocycles. The number of nitrogens with zero attached hydrogens (tertiary/aromatic N) is 2. The molecule has 0 unspecified atom stereocenters. The van der Waals surface area contributed by atoms with Crippen LogP contribution in [0, 0.1) is 0 Å². The fourth-order valence-corrected chi connectivity index (χ4v) is 1.63. The minimum Gasteiger partial charge on any atom is -0.494 e. The van der Waals surface area contributed by atoms with E-state index in [9.17, 15) is 4.79 Å². The standard InChI is InChI=1S/C13H15N3O3/c1-2-19-10-5-3-9(4-6-10)13-14-11(15-16-13)7-8-12(17)18/h3-6H,2,7-8H2,1H3,(H,17,18)(H,14,15,16). The molecule has 1 aromatic carbocycles. The van der Waals surface area contributed by atoms with E-state index in [-0.39, 0.29) is 6.42 Å². The number of aliphatic carboxylic acids is 1. The number of carboxylic acid groups (broad SMARTS) is 1. The van der Waals surface area contributed by atoms with Gasteiger partial charge in [-0.3, -0.25) is 9.89 Å². The topological polar surface area (TPSA) is 88.1 Å². The number of benzene rings is 1. The van der Waals surface area contributed by atoms with Gasteiger partial charge < -0.3 is 9.84 Å². The zero-order chi connectivity index (χ0) is 13.7. The quantitative estimate of drug-likeness (QED) is 0.829. The molecule has 0 aliphatic heterocycles. The monoisotopic (exact) mass is 261 g/mol. The Hall–Kier alpha value is -2.37. The van der Waals surface area contributed by atoms with Crippen LogP contribution < -0.4 is 4.74 Å². The highest BCUT2D eigenvalue weighted by molar-refractivity contribution is 5.67. The molecule has 6 nitrogen and oxygen atoms in total. The Labute approximate surface area is 110 Å². The fourth-order valence-electron chi connectivity index (χ4n) is 1.63. The highest BCUT2D eigenvalue weighted by Crippen LogP contribution is 2.19. The van der Waals surface area contributed by atoms with E-state index in [1.54, 1.807) is 0 Å². The molecule has 1 aromatic heterocycles. The molecule has 0 spiro atoms. The summed E-state index contributed by atoms with van der Waals surface area (Å²) >= 11 is 0. The zero-order valence-corrected chi connectivity index (χ0v) is 10.6. The lowest BCUT2D eigenvalue weighted by Gasteiger charge is -2.02. The molecule has 0 bridgehead atoms. The Kier molecular flexibility index (Phi) is 4.12. The van der Waals surface area contributed by atoms with Crippen LogP contribution in [0.1, 0.15) is 19.2 Å². The smallest absolute Gasteiger partial charge is 0.303 e. The number of nitrogens with one attached hydrogen (secondary N) is 1. The van der Waals surface area contributed by atoms with Gasteiger partial charge in [-0.1, -0.05) is 0 Å². The molecule has 1 heterocycles. The number of H-pyrrole nitrogens is 1. The van der Waals surface area contributed by atoms with E-state index >= 15 is 0 Å². The minimum absolute atomic E-state index is 0.0396. The van der Waals surface area contributed by atoms with E-state index in [1.807, 2.05) is 31.2 Å². The van der Waals surface area contributed by atoms with Crippen molar-refractivity contribution in [3.8, 4) is 17.1 Å². The first kappa shape index (κ1) is 13.1. The number of hydrogen-bond acceptors (Lipinski definition) is 4. The SMILES string of the molecule is CCOc1ccc(-c2n[nH]c(CCC(=O)O)n2)cc1. The van der Waals surface area contributed by atoms with Crippen molar-refractivity contribution >= 4 is 5.97 Å². The van der Waals surface area contributed by atoms with Crippen molar-refractivity contribution < 1.29 is 14.6 Å². The molecular weight excluding hydrogens is 246 g/mol. The first-order valence-corrected chi connectivity index (χ1v) is 6.05. The van der Waals surface area contributed by atoms with Gasteiger partial charge in [-0.05, 0) is 31.2 Å². The third-order valence-corrected chi connectivity index (χ3v) is 2.53. The van der Waals surface area contributed by atoms with Crippen LogP contribution in [0.5, 0.6) is 5.75 Å². The Morgan fingerprint density at radius 1 is 1.37 bits per heavy atom. The maximum Gasteiger partial charge on any atom is 0.303 e. The van der Waals surface area contributed by atoms with Gasteiger partial charge in [-0.25, -0.2) is 4.98 Å². The van der Waals surface area contributed by atoms with Gasteiger partial charge in [0.2, 0.25) is 0 Å². The van der Waals surface area contributed by atoms with Crippen LogP contribution in [0.4, 0.5) is 0 Å². The Balaban J connectivity index is 2.07. The summed E-state index contributed by atoms with van der Waals surface area (Å²) in [6, 6.07) is 7.45. The number of rotatable bonds is 6. The largest absolute Gasteiger partial charge is 0.494 e. The third kappa shape index (κ3) is 3.54. The molecule has 2 aromatic rings. The van der Waals surface area contributed by atoms with E-state index in [0.717, 1.165) is 11.3 Å². The Morgan fingerprint density at radius 2 is 2.11 bits per heavy atom. The fraction of sp³-hybridized carbons (Fsp3) is 0.308. The summed E-state index contributed by atoms with van der Waals surface area (Å²) in [4.78, 5) is 14.7. The average molecular weight is 261 g/mol. The van der Waals surface area contributed by atoms with Crippen molar-refractivity contribution in [2.45, 2.75) is 19.8 Å². The van der Waals surface area contributed by atoms with E-state index in [2.05, 4.69) is 15.2 Å². The highest BCUT2D eigenvalue weighted by Gasteiger charge is 2.07. The number of ether oxygens (including phenoxy) is 1. The van der Waals surface area contributed by atoms with Crippen LogP contribution in [0.15, 0.2) is 24.3 Å². The molecule has 0 saturated carbocycles. The maximum absolute atomic E-state index is 10.5. The molecular formula is C13H15N3O3. The molecule has 0 atom stereocenters. The molecule has 19 heavy (non-hydrogen) atoms. The van der Waals surface area contributed by atoms with E-state index in [1.165, 1.54) is 0 Å². The summed E-state index contributed by atoms with van der Waals surface area (Å²) in [6.07, 6.45) is 0.386. The number of aromatic amines is 1. The number of carboxylic acids is 1. The van der Waals surface area contributed by atoms with Crippen LogP contribution in [-0.4, -0.2) is 32.9 Å². The molecule has 0 amide bonds. The van der Waals surface area contributed by atoms with Gasteiger partial charge in [0.05, 0.1) is 13.0 Å². The normalized spacial score (nSPS) is 10.4. The van der Waals surface area contributed by atoms with Crippen LogP contribution in [0.25, 0.3) is 11.4 Å². The second kappa shape index (κ2) is 5.99. The molecule has 6 heteroatoms. The summed E-state index contributed by atoms with van der Waals surface area (Å²) in [5.41, 5.74) is 0.862. The van der Waals surface area contributed by atoms with Crippen molar-refractivity contribution in [3.63, 3.8) is 0 Å². The zero-order valence-electron chi connectivity index (χ0n) is 10.6.